The summed E-state index contributed by atoms with van der Waals surface area (Å²) in [6.45, 7) is 5.07. The van der Waals surface area contributed by atoms with Crippen LogP contribution in [-0.4, -0.2) is 36.1 Å². The lowest BCUT2D eigenvalue weighted by Gasteiger charge is -2.22. The second kappa shape index (κ2) is 7.12. The third-order valence-electron chi connectivity index (χ3n) is 2.90. The van der Waals surface area contributed by atoms with Crippen LogP contribution in [0.2, 0.25) is 0 Å². The fraction of sp³-hybridized carbons (Fsp3) is 0.700. The van der Waals surface area contributed by atoms with E-state index in [-0.39, 0.29) is 24.8 Å². The average molecular weight is 268 g/mol. The van der Waals surface area contributed by atoms with Crippen molar-refractivity contribution in [2.75, 3.05) is 20.1 Å². The summed E-state index contributed by atoms with van der Waals surface area (Å²) in [7, 11) is 2.14. The highest BCUT2D eigenvalue weighted by Crippen LogP contribution is 2.12. The van der Waals surface area contributed by atoms with Crippen LogP contribution < -0.4 is 5.32 Å². The molecule has 2 rings (SSSR count). The monoisotopic (exact) mass is 267 g/mol. The van der Waals surface area contributed by atoms with Gasteiger partial charge in [0.2, 0.25) is 0 Å². The minimum atomic E-state index is 0. The van der Waals surface area contributed by atoms with Crippen molar-refractivity contribution in [2.24, 2.45) is 0 Å². The van der Waals surface area contributed by atoms with Crippen LogP contribution >= 0.6 is 24.8 Å². The zero-order valence-electron chi connectivity index (χ0n) is 9.60. The summed E-state index contributed by atoms with van der Waals surface area (Å²) >= 11 is 0. The molecule has 4 nitrogen and oxygen atoms in total. The molecule has 0 spiro atoms. The van der Waals surface area contributed by atoms with E-state index in [1.165, 1.54) is 12.8 Å². The van der Waals surface area contributed by atoms with Gasteiger partial charge in [-0.3, -0.25) is 4.90 Å². The zero-order valence-corrected chi connectivity index (χ0v) is 11.2. The summed E-state index contributed by atoms with van der Waals surface area (Å²) in [5.41, 5.74) is 1.06. The Labute approximate surface area is 109 Å². The summed E-state index contributed by atoms with van der Waals surface area (Å²) in [4.78, 5) is 6.54. The van der Waals surface area contributed by atoms with Gasteiger partial charge in [-0.15, -0.1) is 24.8 Å². The molecule has 0 saturated carbocycles. The van der Waals surface area contributed by atoms with Crippen molar-refractivity contribution < 1.29 is 4.42 Å². The van der Waals surface area contributed by atoms with Crippen LogP contribution in [0.5, 0.6) is 0 Å². The van der Waals surface area contributed by atoms with E-state index in [1.54, 1.807) is 0 Å². The normalized spacial score (nSPS) is 19.3. The Morgan fingerprint density at radius 2 is 2.31 bits per heavy atom. The lowest BCUT2D eigenvalue weighted by atomic mass is 10.2. The molecule has 0 amide bonds. The first-order chi connectivity index (χ1) is 6.77. The van der Waals surface area contributed by atoms with Crippen molar-refractivity contribution in [1.82, 2.24) is 15.2 Å². The van der Waals surface area contributed by atoms with E-state index in [4.69, 9.17) is 4.42 Å². The smallest absolute Gasteiger partial charge is 0.181 e. The number of nitrogens with zero attached hydrogens (tertiary/aromatic N) is 2. The quantitative estimate of drug-likeness (QED) is 0.904. The highest BCUT2D eigenvalue weighted by Gasteiger charge is 2.20. The summed E-state index contributed by atoms with van der Waals surface area (Å²) in [5.74, 6) is 0.933. The Kier molecular flexibility index (Phi) is 6.99. The average Bonchev–Trinajstić information content (AvgIpc) is 2.77. The highest BCUT2D eigenvalue weighted by molar-refractivity contribution is 5.85. The molecule has 1 atom stereocenters. The van der Waals surface area contributed by atoms with Gasteiger partial charge in [0.25, 0.3) is 0 Å². The first-order valence-corrected chi connectivity index (χ1v) is 5.07. The topological polar surface area (TPSA) is 41.3 Å². The minimum Gasteiger partial charge on any atom is -0.448 e. The molecule has 94 valence electrons. The van der Waals surface area contributed by atoms with Gasteiger partial charge in [-0.2, -0.15) is 0 Å². The Hall–Kier alpha value is -0.290. The molecule has 16 heavy (non-hydrogen) atoms. The molecule has 1 fully saturated rings. The molecule has 0 radical (unpaired) electrons. The van der Waals surface area contributed by atoms with Gasteiger partial charge >= 0.3 is 0 Å². The molecular weight excluding hydrogens is 249 g/mol. The first kappa shape index (κ1) is 15.7. The van der Waals surface area contributed by atoms with E-state index in [2.05, 4.69) is 22.2 Å². The van der Waals surface area contributed by atoms with Gasteiger partial charge in [0.05, 0.1) is 5.69 Å². The zero-order chi connectivity index (χ0) is 9.97. The molecule has 0 aromatic carbocycles. The van der Waals surface area contributed by atoms with Gasteiger partial charge in [-0.25, -0.2) is 4.98 Å². The molecule has 2 heterocycles. The molecule has 6 heteroatoms. The Balaban J connectivity index is 0.00000112. The van der Waals surface area contributed by atoms with Crippen molar-refractivity contribution in [3.8, 4) is 0 Å². The van der Waals surface area contributed by atoms with Crippen LogP contribution in [0.1, 0.15) is 17.9 Å². The first-order valence-electron chi connectivity index (χ1n) is 5.07. The van der Waals surface area contributed by atoms with Crippen molar-refractivity contribution >= 4 is 24.8 Å². The van der Waals surface area contributed by atoms with Crippen molar-refractivity contribution in [2.45, 2.75) is 25.9 Å². The molecule has 1 N–H and O–H groups in total. The number of rotatable bonds is 3. The second-order valence-electron chi connectivity index (χ2n) is 3.92. The van der Waals surface area contributed by atoms with Gasteiger partial charge < -0.3 is 9.73 Å². The van der Waals surface area contributed by atoms with E-state index in [9.17, 15) is 0 Å². The maximum Gasteiger partial charge on any atom is 0.181 e. The molecule has 1 aliphatic rings. The predicted molar refractivity (Wildman–Crippen MR) is 68.5 cm³/mol. The van der Waals surface area contributed by atoms with E-state index in [0.717, 1.165) is 31.1 Å². The number of oxazole rings is 1. The fourth-order valence-electron chi connectivity index (χ4n) is 1.86. The minimum absolute atomic E-state index is 0. The number of hydrogen-bond acceptors (Lipinski definition) is 4. The van der Waals surface area contributed by atoms with Gasteiger partial charge in [-0.1, -0.05) is 0 Å². The van der Waals surface area contributed by atoms with Crippen molar-refractivity contribution in [1.29, 1.82) is 0 Å². The molecule has 1 aromatic rings. The predicted octanol–water partition coefficient (Wildman–Crippen LogP) is 1.62. The van der Waals surface area contributed by atoms with Crippen molar-refractivity contribution in [3.05, 3.63) is 17.8 Å². The van der Waals surface area contributed by atoms with Crippen LogP contribution in [0.15, 0.2) is 10.8 Å². The van der Waals surface area contributed by atoms with E-state index < -0.39 is 0 Å². The number of likely N-dealkylation sites (N-methyl/N-ethyl adjacent to an activating group) is 1. The maximum atomic E-state index is 5.17. The molecule has 1 aliphatic heterocycles. The third kappa shape index (κ3) is 3.63. The van der Waals surface area contributed by atoms with Gasteiger partial charge in [0.1, 0.15) is 5.76 Å². The summed E-state index contributed by atoms with van der Waals surface area (Å²) in [5, 5.41) is 3.36. The summed E-state index contributed by atoms with van der Waals surface area (Å²) in [6.07, 6.45) is 2.75. The highest BCUT2D eigenvalue weighted by atomic mass is 35.5. The Bertz CT molecular complexity index is 300. The molecule has 1 unspecified atom stereocenters. The second-order valence-corrected chi connectivity index (χ2v) is 3.92. The van der Waals surface area contributed by atoms with Crippen LogP contribution in [-0.2, 0) is 6.54 Å². The summed E-state index contributed by atoms with van der Waals surface area (Å²) < 4.78 is 5.17. The van der Waals surface area contributed by atoms with Crippen LogP contribution in [0.25, 0.3) is 0 Å². The van der Waals surface area contributed by atoms with Crippen molar-refractivity contribution in [3.63, 3.8) is 0 Å². The van der Waals surface area contributed by atoms with Gasteiger partial charge in [0, 0.05) is 19.1 Å². The van der Waals surface area contributed by atoms with E-state index in [1.807, 2.05) is 6.92 Å². The van der Waals surface area contributed by atoms with Crippen LogP contribution in [0.4, 0.5) is 0 Å². The van der Waals surface area contributed by atoms with E-state index in [0.29, 0.717) is 6.04 Å². The number of hydrogen-bond donors (Lipinski definition) is 1. The largest absolute Gasteiger partial charge is 0.448 e. The molecule has 0 bridgehead atoms. The Morgan fingerprint density at radius 1 is 1.56 bits per heavy atom. The van der Waals surface area contributed by atoms with E-state index >= 15 is 0 Å². The number of halogens is 2. The number of aromatic nitrogens is 1. The summed E-state index contributed by atoms with van der Waals surface area (Å²) in [6, 6.07) is 0.645. The maximum absolute atomic E-state index is 5.17. The lowest BCUT2D eigenvalue weighted by molar-refractivity contribution is 0.245. The third-order valence-corrected chi connectivity index (χ3v) is 2.90. The molecular formula is C10H19Cl2N3O. The SMILES string of the molecule is Cc1ocnc1CN(C)C1CCNC1.Cl.Cl. The fourth-order valence-corrected chi connectivity index (χ4v) is 1.86. The van der Waals surface area contributed by atoms with Gasteiger partial charge in [0.15, 0.2) is 6.39 Å². The van der Waals surface area contributed by atoms with Crippen LogP contribution in [0, 0.1) is 6.92 Å². The van der Waals surface area contributed by atoms with Crippen LogP contribution in [0.3, 0.4) is 0 Å². The molecule has 0 aliphatic carbocycles. The molecule has 1 aromatic heterocycles. The number of nitrogens with one attached hydrogen (secondary N) is 1. The lowest BCUT2D eigenvalue weighted by Crippen LogP contribution is -2.33. The standard InChI is InChI=1S/C10H17N3O.2ClH/c1-8-10(12-7-14-8)6-13(2)9-3-4-11-5-9;;/h7,9,11H,3-6H2,1-2H3;2*1H. The number of aryl methyl sites for hydroxylation is 1. The Morgan fingerprint density at radius 3 is 2.81 bits per heavy atom. The van der Waals surface area contributed by atoms with Gasteiger partial charge in [-0.05, 0) is 26.9 Å². The molecule has 1 saturated heterocycles.